The highest BCUT2D eigenvalue weighted by molar-refractivity contribution is 6.44. The Labute approximate surface area is 143 Å². The lowest BCUT2D eigenvalue weighted by atomic mass is 9.97. The van der Waals surface area contributed by atoms with Gasteiger partial charge in [0, 0.05) is 18.0 Å². The molecule has 0 spiro atoms. The normalized spacial score (nSPS) is 18.3. The highest BCUT2D eigenvalue weighted by Gasteiger charge is 2.39. The summed E-state index contributed by atoms with van der Waals surface area (Å²) in [5, 5.41) is 12.3. The van der Waals surface area contributed by atoms with E-state index in [0.29, 0.717) is 11.4 Å². The zero-order valence-electron chi connectivity index (χ0n) is 13.1. The number of aliphatic hydroxyl groups excluding tert-OH is 1. The second kappa shape index (κ2) is 7.23. The van der Waals surface area contributed by atoms with Gasteiger partial charge in [-0.15, -0.1) is 0 Å². The lowest BCUT2D eigenvalue weighted by Gasteiger charge is -2.30. The number of rotatable bonds is 5. The number of nitrogens with one attached hydrogen (secondary N) is 1. The van der Waals surface area contributed by atoms with Gasteiger partial charge in [-0.25, -0.2) is 4.39 Å². The number of aliphatic hydroxyl groups is 1. The van der Waals surface area contributed by atoms with Crippen molar-refractivity contribution in [1.29, 1.82) is 0 Å². The molecule has 3 rings (SSSR count). The minimum Gasteiger partial charge on any atom is -0.481 e. The van der Waals surface area contributed by atoms with Crippen molar-refractivity contribution in [3.05, 3.63) is 72.0 Å². The van der Waals surface area contributed by atoms with Crippen molar-refractivity contribution in [3.63, 3.8) is 0 Å². The molecule has 1 aliphatic heterocycles. The Bertz CT molecular complexity index is 806. The quantitative estimate of drug-likeness (QED) is 0.806. The Morgan fingerprint density at radius 2 is 1.96 bits per heavy atom. The second-order valence-corrected chi connectivity index (χ2v) is 5.42. The van der Waals surface area contributed by atoms with Crippen LogP contribution in [0.3, 0.4) is 0 Å². The Kier molecular flexibility index (Phi) is 4.85. The smallest absolute Gasteiger partial charge is 0.245 e. The Hall–Kier alpha value is -3.06. The third kappa shape index (κ3) is 3.72. The van der Waals surface area contributed by atoms with E-state index >= 15 is 0 Å². The van der Waals surface area contributed by atoms with Crippen molar-refractivity contribution in [2.24, 2.45) is 0 Å². The number of carbonyl (C=O) groups is 2. The highest BCUT2D eigenvalue weighted by atomic mass is 19.1. The van der Waals surface area contributed by atoms with Crippen LogP contribution in [0, 0.1) is 5.82 Å². The number of anilines is 1. The minimum absolute atomic E-state index is 0.0106. The largest absolute Gasteiger partial charge is 0.481 e. The molecule has 128 valence electrons. The number of aromatic nitrogens is 1. The Balaban J connectivity index is 1.96. The number of halogens is 1. The lowest BCUT2D eigenvalue weighted by Crippen LogP contribution is -2.42. The monoisotopic (exact) mass is 342 g/mol. The van der Waals surface area contributed by atoms with Gasteiger partial charge < -0.3 is 15.2 Å². The standard InChI is InChI=1S/C18H15FN2O4/c19-11-4-6-12(7-5-11)21-16(14-3-1-2-8-20-14)18-17(24)15(23)9-13(10-22)25-18/h1-9,16,18,21-22H,10H2. The van der Waals surface area contributed by atoms with E-state index < -0.39 is 36.1 Å². The first-order chi connectivity index (χ1) is 12.1. The van der Waals surface area contributed by atoms with Crippen molar-refractivity contribution in [1.82, 2.24) is 4.98 Å². The van der Waals surface area contributed by atoms with E-state index in [4.69, 9.17) is 4.74 Å². The zero-order valence-corrected chi connectivity index (χ0v) is 13.1. The fourth-order valence-electron chi connectivity index (χ4n) is 2.50. The molecule has 0 saturated carbocycles. The molecule has 1 aromatic carbocycles. The molecule has 2 heterocycles. The van der Waals surface area contributed by atoms with Crippen LogP contribution in [0.5, 0.6) is 0 Å². The molecule has 25 heavy (non-hydrogen) atoms. The van der Waals surface area contributed by atoms with E-state index in [0.717, 1.165) is 6.08 Å². The van der Waals surface area contributed by atoms with Crippen LogP contribution in [0.25, 0.3) is 0 Å². The van der Waals surface area contributed by atoms with Crippen LogP contribution in [0.2, 0.25) is 0 Å². The molecule has 2 atom stereocenters. The summed E-state index contributed by atoms with van der Waals surface area (Å²) in [7, 11) is 0. The highest BCUT2D eigenvalue weighted by Crippen LogP contribution is 2.28. The molecule has 7 heteroatoms. The number of ether oxygens (including phenoxy) is 1. The van der Waals surface area contributed by atoms with Crippen LogP contribution in [0.1, 0.15) is 11.7 Å². The third-order valence-electron chi connectivity index (χ3n) is 3.70. The number of allylic oxidation sites excluding steroid dienone is 1. The summed E-state index contributed by atoms with van der Waals surface area (Å²) in [5.41, 5.74) is 0.998. The van der Waals surface area contributed by atoms with E-state index in [1.165, 1.54) is 24.3 Å². The number of hydrogen-bond donors (Lipinski definition) is 2. The first-order valence-corrected chi connectivity index (χ1v) is 7.58. The summed E-state index contributed by atoms with van der Waals surface area (Å²) in [5.74, 6) is -1.88. The maximum Gasteiger partial charge on any atom is 0.245 e. The maximum absolute atomic E-state index is 13.1. The Morgan fingerprint density at radius 1 is 1.20 bits per heavy atom. The summed E-state index contributed by atoms with van der Waals surface area (Å²) >= 11 is 0. The second-order valence-electron chi connectivity index (χ2n) is 5.42. The number of pyridine rings is 1. The fourth-order valence-corrected chi connectivity index (χ4v) is 2.50. The van der Waals surface area contributed by atoms with E-state index in [-0.39, 0.29) is 5.76 Å². The van der Waals surface area contributed by atoms with E-state index in [1.54, 1.807) is 24.4 Å². The molecular weight excluding hydrogens is 327 g/mol. The van der Waals surface area contributed by atoms with E-state index in [2.05, 4.69) is 10.3 Å². The number of hydrogen-bond acceptors (Lipinski definition) is 6. The lowest BCUT2D eigenvalue weighted by molar-refractivity contribution is -0.142. The van der Waals surface area contributed by atoms with Gasteiger partial charge in [-0.3, -0.25) is 14.6 Å². The summed E-state index contributed by atoms with van der Waals surface area (Å²) < 4.78 is 18.6. The molecule has 0 fully saturated rings. The van der Waals surface area contributed by atoms with Crippen LogP contribution in [0.15, 0.2) is 60.5 Å². The fraction of sp³-hybridized carbons (Fsp3) is 0.167. The van der Waals surface area contributed by atoms with Gasteiger partial charge in [-0.05, 0) is 36.4 Å². The molecule has 2 N–H and O–H groups in total. The third-order valence-corrected chi connectivity index (χ3v) is 3.70. The van der Waals surface area contributed by atoms with Crippen LogP contribution in [-0.2, 0) is 14.3 Å². The maximum atomic E-state index is 13.1. The molecule has 0 bridgehead atoms. The van der Waals surface area contributed by atoms with E-state index in [9.17, 15) is 19.1 Å². The number of benzene rings is 1. The average Bonchev–Trinajstić information content (AvgIpc) is 2.64. The van der Waals surface area contributed by atoms with Crippen LogP contribution < -0.4 is 5.32 Å². The van der Waals surface area contributed by atoms with Gasteiger partial charge in [0.1, 0.15) is 24.2 Å². The van der Waals surface area contributed by atoms with Crippen molar-refractivity contribution in [2.75, 3.05) is 11.9 Å². The molecule has 6 nitrogen and oxygen atoms in total. The predicted molar refractivity (Wildman–Crippen MR) is 87.1 cm³/mol. The van der Waals surface area contributed by atoms with Gasteiger partial charge in [0.25, 0.3) is 0 Å². The topological polar surface area (TPSA) is 88.5 Å². The van der Waals surface area contributed by atoms with Crippen molar-refractivity contribution in [2.45, 2.75) is 12.1 Å². The van der Waals surface area contributed by atoms with Crippen molar-refractivity contribution < 1.29 is 23.8 Å². The van der Waals surface area contributed by atoms with Crippen LogP contribution in [-0.4, -0.2) is 34.4 Å². The molecule has 0 saturated heterocycles. The predicted octanol–water partition coefficient (Wildman–Crippen LogP) is 1.79. The SMILES string of the molecule is O=C1C=C(CO)OC(C(Nc2ccc(F)cc2)c2ccccn2)C1=O. The molecule has 0 radical (unpaired) electrons. The minimum atomic E-state index is -1.19. The summed E-state index contributed by atoms with van der Waals surface area (Å²) in [6.45, 7) is -0.499. The average molecular weight is 342 g/mol. The van der Waals surface area contributed by atoms with Gasteiger partial charge >= 0.3 is 0 Å². The molecule has 2 unspecified atom stereocenters. The van der Waals surface area contributed by atoms with Gasteiger partial charge in [0.2, 0.25) is 11.6 Å². The van der Waals surface area contributed by atoms with Gasteiger partial charge in [-0.2, -0.15) is 0 Å². The first kappa shape index (κ1) is 16.8. The van der Waals surface area contributed by atoms with E-state index in [1.807, 2.05) is 0 Å². The van der Waals surface area contributed by atoms with Gasteiger partial charge in [-0.1, -0.05) is 6.07 Å². The molecule has 0 aliphatic carbocycles. The summed E-state index contributed by atoms with van der Waals surface area (Å²) in [4.78, 5) is 28.4. The van der Waals surface area contributed by atoms with Gasteiger partial charge in [0.05, 0.1) is 5.69 Å². The summed E-state index contributed by atoms with van der Waals surface area (Å²) in [6.07, 6.45) is 1.33. The Morgan fingerprint density at radius 3 is 2.60 bits per heavy atom. The van der Waals surface area contributed by atoms with Crippen molar-refractivity contribution >= 4 is 17.3 Å². The van der Waals surface area contributed by atoms with Gasteiger partial charge in [0.15, 0.2) is 6.10 Å². The number of carbonyl (C=O) groups excluding carboxylic acids is 2. The number of ketones is 2. The summed E-state index contributed by atoms with van der Waals surface area (Å²) in [6, 6.07) is 9.88. The molecule has 0 amide bonds. The molecule has 2 aromatic rings. The number of Topliss-reactive ketones (excluding diaryl/α,β-unsaturated/α-hetero) is 1. The van der Waals surface area contributed by atoms with Crippen molar-refractivity contribution in [3.8, 4) is 0 Å². The first-order valence-electron chi connectivity index (χ1n) is 7.58. The zero-order chi connectivity index (χ0) is 17.8. The van der Waals surface area contributed by atoms with Crippen LogP contribution in [0.4, 0.5) is 10.1 Å². The number of nitrogens with zero attached hydrogens (tertiary/aromatic N) is 1. The van der Waals surface area contributed by atoms with Crippen LogP contribution >= 0.6 is 0 Å². The molecular formula is C18H15FN2O4. The molecule has 1 aliphatic rings. The molecule has 1 aromatic heterocycles.